The monoisotopic (exact) mass is 250 g/mol. The molecule has 1 aromatic carbocycles. The van der Waals surface area contributed by atoms with Gasteiger partial charge in [0, 0.05) is 0 Å². The number of esters is 1. The summed E-state index contributed by atoms with van der Waals surface area (Å²) in [4.78, 5) is 12.1. The lowest BCUT2D eigenvalue weighted by Crippen LogP contribution is -2.53. The topological polar surface area (TPSA) is 44.8 Å². The van der Waals surface area contributed by atoms with Crippen LogP contribution in [0.25, 0.3) is 0 Å². The molecule has 0 bridgehead atoms. The Hall–Kier alpha value is -1.55. The average Bonchev–Trinajstić information content (AvgIpc) is 2.29. The van der Waals surface area contributed by atoms with Crippen LogP contribution < -0.4 is 4.74 Å². The molecule has 0 atom stereocenters. The predicted octanol–water partition coefficient (Wildman–Crippen LogP) is 1.92. The Balaban J connectivity index is 2.27. The lowest BCUT2D eigenvalue weighted by atomic mass is 9.78. The van der Waals surface area contributed by atoms with Crippen molar-refractivity contribution in [2.24, 2.45) is 0 Å². The van der Waals surface area contributed by atoms with Crippen LogP contribution in [0.1, 0.15) is 19.4 Å². The molecule has 4 heteroatoms. The molecule has 0 spiro atoms. The van der Waals surface area contributed by atoms with Crippen molar-refractivity contribution in [3.63, 3.8) is 0 Å². The van der Waals surface area contributed by atoms with Crippen molar-refractivity contribution >= 4 is 5.97 Å². The van der Waals surface area contributed by atoms with Crippen molar-refractivity contribution < 1.29 is 19.0 Å². The first kappa shape index (κ1) is 12.9. The van der Waals surface area contributed by atoms with Crippen LogP contribution in [0, 0.1) is 0 Å². The van der Waals surface area contributed by atoms with Gasteiger partial charge in [0.2, 0.25) is 0 Å². The van der Waals surface area contributed by atoms with E-state index in [9.17, 15) is 4.79 Å². The second-order valence-electron chi connectivity index (χ2n) is 4.26. The summed E-state index contributed by atoms with van der Waals surface area (Å²) in [5.74, 6) is 0.551. The van der Waals surface area contributed by atoms with E-state index in [4.69, 9.17) is 14.2 Å². The van der Waals surface area contributed by atoms with Gasteiger partial charge >= 0.3 is 5.97 Å². The largest absolute Gasteiger partial charge is 0.494 e. The van der Waals surface area contributed by atoms with Crippen LogP contribution in [-0.2, 0) is 19.7 Å². The molecule has 0 aromatic heterocycles. The summed E-state index contributed by atoms with van der Waals surface area (Å²) in [5.41, 5.74) is 0.251. The summed E-state index contributed by atoms with van der Waals surface area (Å²) in [5, 5.41) is 0. The van der Waals surface area contributed by atoms with Crippen LogP contribution in [0.4, 0.5) is 0 Å². The zero-order valence-electron chi connectivity index (χ0n) is 10.8. The van der Waals surface area contributed by atoms with Crippen molar-refractivity contribution in [2.75, 3.05) is 26.4 Å². The van der Waals surface area contributed by atoms with Crippen LogP contribution >= 0.6 is 0 Å². The predicted molar refractivity (Wildman–Crippen MR) is 66.7 cm³/mol. The van der Waals surface area contributed by atoms with Gasteiger partial charge < -0.3 is 14.2 Å². The highest BCUT2D eigenvalue weighted by Crippen LogP contribution is 2.35. The standard InChI is InChI=1S/C14H18O4/c1-3-17-12-7-5-6-11(8-12)14(9-16-10-14)13(15)18-4-2/h5-8H,3-4,9-10H2,1-2H3. The zero-order chi connectivity index (χ0) is 13.0. The molecule has 0 aliphatic carbocycles. The molecule has 1 heterocycles. The summed E-state index contributed by atoms with van der Waals surface area (Å²) in [6, 6.07) is 7.58. The number of ether oxygens (including phenoxy) is 3. The minimum absolute atomic E-state index is 0.218. The first-order valence-electron chi connectivity index (χ1n) is 6.21. The molecule has 0 radical (unpaired) electrons. The average molecular weight is 250 g/mol. The summed E-state index contributed by atoms with van der Waals surface area (Å²) < 4.78 is 15.8. The highest BCUT2D eigenvalue weighted by Gasteiger charge is 2.49. The van der Waals surface area contributed by atoms with E-state index in [-0.39, 0.29) is 5.97 Å². The fourth-order valence-electron chi connectivity index (χ4n) is 2.03. The van der Waals surface area contributed by atoms with E-state index in [1.54, 1.807) is 0 Å². The summed E-state index contributed by atoms with van der Waals surface area (Å²) >= 11 is 0. The molecule has 0 unspecified atom stereocenters. The molecule has 1 aliphatic rings. The molecule has 0 saturated carbocycles. The third-order valence-corrected chi connectivity index (χ3v) is 3.06. The van der Waals surface area contributed by atoms with Crippen molar-refractivity contribution in [2.45, 2.75) is 19.3 Å². The van der Waals surface area contributed by atoms with Gasteiger partial charge in [0.25, 0.3) is 0 Å². The number of hydrogen-bond acceptors (Lipinski definition) is 4. The van der Waals surface area contributed by atoms with Gasteiger partial charge in [0.05, 0.1) is 26.4 Å². The van der Waals surface area contributed by atoms with Crippen LogP contribution in [0.3, 0.4) is 0 Å². The van der Waals surface area contributed by atoms with Crippen molar-refractivity contribution in [1.82, 2.24) is 0 Å². The highest BCUT2D eigenvalue weighted by molar-refractivity contribution is 5.84. The van der Waals surface area contributed by atoms with Gasteiger partial charge in [-0.3, -0.25) is 4.79 Å². The second kappa shape index (κ2) is 5.40. The van der Waals surface area contributed by atoms with Crippen LogP contribution in [-0.4, -0.2) is 32.4 Å². The Morgan fingerprint density at radius 2 is 2.11 bits per heavy atom. The summed E-state index contributed by atoms with van der Waals surface area (Å²) in [6.07, 6.45) is 0. The Morgan fingerprint density at radius 3 is 2.67 bits per heavy atom. The molecule has 4 nitrogen and oxygen atoms in total. The highest BCUT2D eigenvalue weighted by atomic mass is 16.6. The van der Waals surface area contributed by atoms with Crippen LogP contribution in [0.15, 0.2) is 24.3 Å². The molecule has 1 fully saturated rings. The lowest BCUT2D eigenvalue weighted by Gasteiger charge is -2.39. The van der Waals surface area contributed by atoms with Crippen molar-refractivity contribution in [3.05, 3.63) is 29.8 Å². The van der Waals surface area contributed by atoms with E-state index in [0.717, 1.165) is 11.3 Å². The normalized spacial score (nSPS) is 16.8. The number of rotatable bonds is 5. The third-order valence-electron chi connectivity index (χ3n) is 3.06. The molecule has 1 saturated heterocycles. The first-order chi connectivity index (χ1) is 8.73. The second-order valence-corrected chi connectivity index (χ2v) is 4.26. The molecular weight excluding hydrogens is 232 g/mol. The van der Waals surface area contributed by atoms with Gasteiger partial charge in [-0.25, -0.2) is 0 Å². The van der Waals surface area contributed by atoms with Gasteiger partial charge in [0.1, 0.15) is 11.2 Å². The minimum atomic E-state index is -0.650. The molecule has 1 aliphatic heterocycles. The molecule has 0 N–H and O–H groups in total. The van der Waals surface area contributed by atoms with E-state index in [0.29, 0.717) is 26.4 Å². The van der Waals surface area contributed by atoms with Gasteiger partial charge in [-0.2, -0.15) is 0 Å². The zero-order valence-corrected chi connectivity index (χ0v) is 10.8. The molecule has 18 heavy (non-hydrogen) atoms. The van der Waals surface area contributed by atoms with Crippen molar-refractivity contribution in [3.8, 4) is 5.75 Å². The van der Waals surface area contributed by atoms with Crippen LogP contribution in [0.2, 0.25) is 0 Å². The van der Waals surface area contributed by atoms with Gasteiger partial charge in [-0.1, -0.05) is 12.1 Å². The number of benzene rings is 1. The lowest BCUT2D eigenvalue weighted by molar-refractivity contribution is -0.169. The maximum Gasteiger partial charge on any atom is 0.321 e. The van der Waals surface area contributed by atoms with Gasteiger partial charge in [0.15, 0.2) is 0 Å². The Labute approximate surface area is 107 Å². The first-order valence-corrected chi connectivity index (χ1v) is 6.21. The van der Waals surface area contributed by atoms with Crippen LogP contribution in [0.5, 0.6) is 5.75 Å². The minimum Gasteiger partial charge on any atom is -0.494 e. The third kappa shape index (κ3) is 2.20. The Kier molecular flexibility index (Phi) is 3.87. The Bertz CT molecular complexity index is 424. The number of carbonyl (C=O) groups excluding carboxylic acids is 1. The Morgan fingerprint density at radius 1 is 1.33 bits per heavy atom. The smallest absolute Gasteiger partial charge is 0.321 e. The molecular formula is C14H18O4. The SMILES string of the molecule is CCOC(=O)C1(c2cccc(OCC)c2)COC1. The fourth-order valence-corrected chi connectivity index (χ4v) is 2.03. The fraction of sp³-hybridized carbons (Fsp3) is 0.500. The van der Waals surface area contributed by atoms with E-state index < -0.39 is 5.41 Å². The molecule has 1 aromatic rings. The van der Waals surface area contributed by atoms with Gasteiger partial charge in [-0.15, -0.1) is 0 Å². The molecule has 0 amide bonds. The van der Waals surface area contributed by atoms with E-state index in [1.165, 1.54) is 0 Å². The van der Waals surface area contributed by atoms with Crippen molar-refractivity contribution in [1.29, 1.82) is 0 Å². The molecule has 2 rings (SSSR count). The summed E-state index contributed by atoms with van der Waals surface area (Å²) in [6.45, 7) is 5.48. The van der Waals surface area contributed by atoms with E-state index in [1.807, 2.05) is 38.1 Å². The number of hydrogen-bond donors (Lipinski definition) is 0. The summed E-state index contributed by atoms with van der Waals surface area (Å²) in [7, 11) is 0. The van der Waals surface area contributed by atoms with Gasteiger partial charge in [-0.05, 0) is 31.5 Å². The van der Waals surface area contributed by atoms with E-state index in [2.05, 4.69) is 0 Å². The number of carbonyl (C=O) groups is 1. The molecule has 98 valence electrons. The maximum absolute atomic E-state index is 12.1. The maximum atomic E-state index is 12.1. The quantitative estimate of drug-likeness (QED) is 0.749. The van der Waals surface area contributed by atoms with E-state index >= 15 is 0 Å².